The minimum absolute atomic E-state index is 0.0321. The summed E-state index contributed by atoms with van der Waals surface area (Å²) in [6.45, 7) is 4.27. The second-order valence-corrected chi connectivity index (χ2v) is 5.95. The molecule has 1 aliphatic heterocycles. The number of carbonyl (C=O) groups is 1. The molecule has 0 radical (unpaired) electrons. The van der Waals surface area contributed by atoms with Crippen LogP contribution in [0.3, 0.4) is 0 Å². The lowest BCUT2D eigenvalue weighted by Crippen LogP contribution is -2.48. The molecule has 98 valence electrons. The largest absolute Gasteiger partial charge is 0.352 e. The van der Waals surface area contributed by atoms with Crippen molar-refractivity contribution in [2.45, 2.75) is 44.7 Å². The van der Waals surface area contributed by atoms with E-state index < -0.39 is 0 Å². The van der Waals surface area contributed by atoms with Crippen LogP contribution < -0.4 is 11.1 Å². The number of hydrogen-bond acceptors (Lipinski definition) is 3. The minimum atomic E-state index is 0.0321. The Morgan fingerprint density at radius 3 is 2.76 bits per heavy atom. The highest BCUT2D eigenvalue weighted by Crippen LogP contribution is 2.28. The summed E-state index contributed by atoms with van der Waals surface area (Å²) in [5, 5.41) is 3.17. The number of hydrogen-bond donors (Lipinski definition) is 2. The Hall–Kier alpha value is -0.610. The average Bonchev–Trinajstić information content (AvgIpc) is 2.67. The summed E-state index contributed by atoms with van der Waals surface area (Å²) in [7, 11) is 2.10. The summed E-state index contributed by atoms with van der Waals surface area (Å²) in [6.07, 6.45) is 4.18. The lowest BCUT2D eigenvalue weighted by Gasteiger charge is -2.32. The normalized spacial score (nSPS) is 39.2. The number of rotatable bonds is 2. The van der Waals surface area contributed by atoms with Gasteiger partial charge >= 0.3 is 0 Å². The van der Waals surface area contributed by atoms with E-state index in [0.717, 1.165) is 38.8 Å². The van der Waals surface area contributed by atoms with Crippen LogP contribution in [0.4, 0.5) is 0 Å². The van der Waals surface area contributed by atoms with Crippen molar-refractivity contribution in [2.75, 3.05) is 20.1 Å². The molecule has 1 saturated carbocycles. The van der Waals surface area contributed by atoms with Gasteiger partial charge in [-0.05, 0) is 45.2 Å². The Kier molecular flexibility index (Phi) is 4.05. The first kappa shape index (κ1) is 12.8. The van der Waals surface area contributed by atoms with Gasteiger partial charge in [-0.1, -0.05) is 6.92 Å². The number of likely N-dealkylation sites (tertiary alicyclic amines) is 1. The quantitative estimate of drug-likeness (QED) is 0.741. The molecule has 0 aromatic carbocycles. The number of nitrogens with zero attached hydrogens (tertiary/aromatic N) is 1. The van der Waals surface area contributed by atoms with Gasteiger partial charge in [0.05, 0.1) is 5.92 Å². The second kappa shape index (κ2) is 5.36. The lowest BCUT2D eigenvalue weighted by atomic mass is 9.78. The van der Waals surface area contributed by atoms with Crippen LogP contribution in [0.5, 0.6) is 0 Å². The summed E-state index contributed by atoms with van der Waals surface area (Å²) < 4.78 is 0. The van der Waals surface area contributed by atoms with Crippen molar-refractivity contribution in [3.8, 4) is 0 Å². The number of carbonyl (C=O) groups excluding carboxylic acids is 1. The Balaban J connectivity index is 1.86. The topological polar surface area (TPSA) is 58.4 Å². The molecular weight excluding hydrogens is 214 g/mol. The van der Waals surface area contributed by atoms with Crippen molar-refractivity contribution >= 4 is 5.91 Å². The van der Waals surface area contributed by atoms with Gasteiger partial charge in [-0.25, -0.2) is 0 Å². The first-order valence-corrected chi connectivity index (χ1v) is 6.80. The maximum absolute atomic E-state index is 12.2. The number of amides is 1. The van der Waals surface area contributed by atoms with Gasteiger partial charge in [0.2, 0.25) is 5.91 Å². The van der Waals surface area contributed by atoms with Gasteiger partial charge in [0.1, 0.15) is 0 Å². The van der Waals surface area contributed by atoms with E-state index in [1.54, 1.807) is 0 Å². The van der Waals surface area contributed by atoms with Crippen molar-refractivity contribution in [3.63, 3.8) is 0 Å². The summed E-state index contributed by atoms with van der Waals surface area (Å²) in [6, 6.07) is 0.391. The van der Waals surface area contributed by atoms with E-state index in [2.05, 4.69) is 24.2 Å². The Bertz CT molecular complexity index is 282. The fourth-order valence-corrected chi connectivity index (χ4v) is 3.07. The van der Waals surface area contributed by atoms with Gasteiger partial charge in [0.15, 0.2) is 0 Å². The van der Waals surface area contributed by atoms with Crippen LogP contribution in [-0.4, -0.2) is 43.0 Å². The molecule has 1 heterocycles. The third-order valence-corrected chi connectivity index (χ3v) is 4.24. The molecule has 0 aromatic heterocycles. The highest BCUT2D eigenvalue weighted by molar-refractivity contribution is 5.79. The molecule has 1 aliphatic carbocycles. The van der Waals surface area contributed by atoms with Crippen molar-refractivity contribution in [3.05, 3.63) is 0 Å². The predicted octanol–water partition coefficient (Wildman–Crippen LogP) is 0.570. The van der Waals surface area contributed by atoms with E-state index in [-0.39, 0.29) is 17.9 Å². The first-order valence-electron chi connectivity index (χ1n) is 6.80. The zero-order valence-electron chi connectivity index (χ0n) is 11.0. The molecular formula is C13H25N3O. The monoisotopic (exact) mass is 239 g/mol. The smallest absolute Gasteiger partial charge is 0.224 e. The van der Waals surface area contributed by atoms with Gasteiger partial charge in [-0.3, -0.25) is 4.79 Å². The molecule has 1 saturated heterocycles. The van der Waals surface area contributed by atoms with Gasteiger partial charge in [0.25, 0.3) is 0 Å². The SMILES string of the molecule is CC1CCC(N)C(C(=O)NC2CCN(C)C2)C1. The predicted molar refractivity (Wildman–Crippen MR) is 68.5 cm³/mol. The maximum Gasteiger partial charge on any atom is 0.224 e. The third kappa shape index (κ3) is 3.19. The standard InChI is InChI=1S/C13H25N3O/c1-9-3-4-12(14)11(7-9)13(17)15-10-5-6-16(2)8-10/h9-12H,3-8,14H2,1-2H3,(H,15,17). The molecule has 1 amide bonds. The number of nitrogens with two attached hydrogens (primary N) is 1. The minimum Gasteiger partial charge on any atom is -0.352 e. The third-order valence-electron chi connectivity index (χ3n) is 4.24. The molecule has 4 nitrogen and oxygen atoms in total. The molecule has 4 unspecified atom stereocenters. The van der Waals surface area contributed by atoms with Crippen molar-refractivity contribution < 1.29 is 4.79 Å². The van der Waals surface area contributed by atoms with Crippen LogP contribution in [0.1, 0.15) is 32.6 Å². The van der Waals surface area contributed by atoms with Gasteiger partial charge < -0.3 is 16.0 Å². The first-order chi connectivity index (χ1) is 8.06. The highest BCUT2D eigenvalue weighted by Gasteiger charge is 2.33. The van der Waals surface area contributed by atoms with Gasteiger partial charge in [0, 0.05) is 18.6 Å². The van der Waals surface area contributed by atoms with E-state index in [0.29, 0.717) is 12.0 Å². The molecule has 2 aliphatic rings. The fourth-order valence-electron chi connectivity index (χ4n) is 3.07. The van der Waals surface area contributed by atoms with E-state index in [9.17, 15) is 4.79 Å². The van der Waals surface area contributed by atoms with Crippen LogP contribution >= 0.6 is 0 Å². The molecule has 4 atom stereocenters. The molecule has 3 N–H and O–H groups in total. The van der Waals surface area contributed by atoms with Crippen LogP contribution in [0, 0.1) is 11.8 Å². The Morgan fingerprint density at radius 1 is 1.35 bits per heavy atom. The molecule has 17 heavy (non-hydrogen) atoms. The molecule has 0 spiro atoms. The van der Waals surface area contributed by atoms with Crippen LogP contribution in [0.15, 0.2) is 0 Å². The van der Waals surface area contributed by atoms with Crippen LogP contribution in [0.25, 0.3) is 0 Å². The maximum atomic E-state index is 12.2. The van der Waals surface area contributed by atoms with Gasteiger partial charge in [-0.15, -0.1) is 0 Å². The van der Waals surface area contributed by atoms with E-state index >= 15 is 0 Å². The molecule has 2 rings (SSSR count). The zero-order chi connectivity index (χ0) is 12.4. The molecule has 2 fully saturated rings. The van der Waals surface area contributed by atoms with E-state index in [1.807, 2.05) is 0 Å². The van der Waals surface area contributed by atoms with Gasteiger partial charge in [-0.2, -0.15) is 0 Å². The second-order valence-electron chi connectivity index (χ2n) is 5.95. The van der Waals surface area contributed by atoms with E-state index in [1.165, 1.54) is 0 Å². The van der Waals surface area contributed by atoms with E-state index in [4.69, 9.17) is 5.73 Å². The zero-order valence-corrected chi connectivity index (χ0v) is 11.0. The van der Waals surface area contributed by atoms with Crippen LogP contribution in [0.2, 0.25) is 0 Å². The number of likely N-dealkylation sites (N-methyl/N-ethyl adjacent to an activating group) is 1. The molecule has 4 heteroatoms. The summed E-state index contributed by atoms with van der Waals surface area (Å²) >= 11 is 0. The Morgan fingerprint density at radius 2 is 2.12 bits per heavy atom. The molecule has 0 bridgehead atoms. The summed E-state index contributed by atoms with van der Waals surface area (Å²) in [5.41, 5.74) is 6.07. The lowest BCUT2D eigenvalue weighted by molar-refractivity contribution is -0.127. The van der Waals surface area contributed by atoms with Crippen molar-refractivity contribution in [2.24, 2.45) is 17.6 Å². The summed E-state index contributed by atoms with van der Waals surface area (Å²) in [4.78, 5) is 14.5. The van der Waals surface area contributed by atoms with Crippen molar-refractivity contribution in [1.29, 1.82) is 0 Å². The number of nitrogens with one attached hydrogen (secondary N) is 1. The van der Waals surface area contributed by atoms with Crippen LogP contribution in [-0.2, 0) is 4.79 Å². The summed E-state index contributed by atoms with van der Waals surface area (Å²) in [5.74, 6) is 0.853. The highest BCUT2D eigenvalue weighted by atomic mass is 16.2. The Labute approximate surface area is 104 Å². The fraction of sp³-hybridized carbons (Fsp3) is 0.923. The van der Waals surface area contributed by atoms with Crippen molar-refractivity contribution in [1.82, 2.24) is 10.2 Å². The average molecular weight is 239 g/mol. The molecule has 0 aromatic rings.